The maximum absolute atomic E-state index is 12.6. The molecule has 2 saturated carbocycles. The number of rotatable bonds is 7. The lowest BCUT2D eigenvalue weighted by Crippen LogP contribution is -2.52. The summed E-state index contributed by atoms with van der Waals surface area (Å²) in [6, 6.07) is 9.28. The second-order valence-corrected chi connectivity index (χ2v) is 7.02. The van der Waals surface area contributed by atoms with Crippen LogP contribution >= 0.6 is 0 Å². The Labute approximate surface area is 163 Å². The standard InChI is InChI=1S/C21H25NO6/c1-3-26-19(24)17-15-10-14(21(22,18(15)17)20(25)27-4-2)11-16(23)28-12-13-8-6-5-7-9-13/h5-9,11,15,17-18H,3-4,10,12,22H2,1-2H3/t15?,17-,18-,21+/m0/s1. The van der Waals surface area contributed by atoms with E-state index in [2.05, 4.69) is 0 Å². The van der Waals surface area contributed by atoms with Gasteiger partial charge in [0.1, 0.15) is 12.1 Å². The fourth-order valence-corrected chi connectivity index (χ4v) is 4.05. The first-order valence-electron chi connectivity index (χ1n) is 9.47. The smallest absolute Gasteiger partial charge is 0.331 e. The molecule has 0 bridgehead atoms. The van der Waals surface area contributed by atoms with Crippen LogP contribution < -0.4 is 5.73 Å². The summed E-state index contributed by atoms with van der Waals surface area (Å²) < 4.78 is 15.5. The number of benzene rings is 1. The third kappa shape index (κ3) is 3.67. The molecular weight excluding hydrogens is 362 g/mol. The minimum atomic E-state index is -1.51. The van der Waals surface area contributed by atoms with Crippen LogP contribution in [-0.2, 0) is 35.2 Å². The molecule has 3 rings (SSSR count). The third-order valence-electron chi connectivity index (χ3n) is 5.37. The summed E-state index contributed by atoms with van der Waals surface area (Å²) >= 11 is 0. The highest BCUT2D eigenvalue weighted by Gasteiger charge is 2.72. The Morgan fingerprint density at radius 2 is 1.79 bits per heavy atom. The highest BCUT2D eigenvalue weighted by Crippen LogP contribution is 2.64. The predicted molar refractivity (Wildman–Crippen MR) is 99.6 cm³/mol. The third-order valence-corrected chi connectivity index (χ3v) is 5.37. The molecule has 7 nitrogen and oxygen atoms in total. The van der Waals surface area contributed by atoms with E-state index in [4.69, 9.17) is 19.9 Å². The van der Waals surface area contributed by atoms with Gasteiger partial charge < -0.3 is 19.9 Å². The van der Waals surface area contributed by atoms with Gasteiger partial charge in [-0.05, 0) is 37.3 Å². The molecule has 0 radical (unpaired) electrons. The van der Waals surface area contributed by atoms with Gasteiger partial charge in [0.05, 0.1) is 19.1 Å². The number of hydrogen-bond acceptors (Lipinski definition) is 7. The van der Waals surface area contributed by atoms with E-state index in [1.165, 1.54) is 6.08 Å². The molecule has 7 heteroatoms. The first kappa shape index (κ1) is 20.1. The lowest BCUT2D eigenvalue weighted by molar-refractivity contribution is -0.150. The van der Waals surface area contributed by atoms with E-state index in [9.17, 15) is 14.4 Å². The van der Waals surface area contributed by atoms with Gasteiger partial charge in [0.15, 0.2) is 0 Å². The van der Waals surface area contributed by atoms with Crippen molar-refractivity contribution < 1.29 is 28.6 Å². The Kier molecular flexibility index (Phi) is 5.84. The lowest BCUT2D eigenvalue weighted by Gasteiger charge is -2.27. The van der Waals surface area contributed by atoms with Crippen molar-refractivity contribution in [2.45, 2.75) is 32.4 Å². The first-order valence-corrected chi connectivity index (χ1v) is 9.47. The normalized spacial score (nSPS) is 29.1. The zero-order chi connectivity index (χ0) is 20.3. The molecule has 0 aromatic heterocycles. The number of hydrogen-bond donors (Lipinski definition) is 1. The van der Waals surface area contributed by atoms with Crippen LogP contribution in [0.25, 0.3) is 0 Å². The molecule has 0 spiro atoms. The van der Waals surface area contributed by atoms with Crippen LogP contribution in [0.2, 0.25) is 0 Å². The fraction of sp³-hybridized carbons (Fsp3) is 0.476. The Morgan fingerprint density at radius 3 is 2.43 bits per heavy atom. The molecular formula is C21H25NO6. The number of carbonyl (C=O) groups excluding carboxylic acids is 3. The molecule has 4 atom stereocenters. The van der Waals surface area contributed by atoms with Crippen molar-refractivity contribution in [3.05, 3.63) is 47.5 Å². The summed E-state index contributed by atoms with van der Waals surface area (Å²) in [6.07, 6.45) is 1.64. The molecule has 28 heavy (non-hydrogen) atoms. The van der Waals surface area contributed by atoms with Crippen LogP contribution in [0.1, 0.15) is 25.8 Å². The number of esters is 3. The first-order chi connectivity index (χ1) is 13.4. The molecule has 1 unspecified atom stereocenters. The Bertz CT molecular complexity index is 789. The maximum Gasteiger partial charge on any atom is 0.331 e. The van der Waals surface area contributed by atoms with Crippen molar-refractivity contribution in [3.8, 4) is 0 Å². The van der Waals surface area contributed by atoms with Gasteiger partial charge in [-0.3, -0.25) is 4.79 Å². The van der Waals surface area contributed by atoms with E-state index in [0.29, 0.717) is 12.0 Å². The molecule has 2 N–H and O–H groups in total. The number of nitrogens with two attached hydrogens (primary N) is 1. The second kappa shape index (κ2) is 8.14. The van der Waals surface area contributed by atoms with Gasteiger partial charge in [-0.1, -0.05) is 30.3 Å². The predicted octanol–water partition coefficient (Wildman–Crippen LogP) is 1.75. The maximum atomic E-state index is 12.6. The fourth-order valence-electron chi connectivity index (χ4n) is 4.05. The van der Waals surface area contributed by atoms with Gasteiger partial charge in [0.25, 0.3) is 0 Å². The minimum Gasteiger partial charge on any atom is -0.466 e. The van der Waals surface area contributed by atoms with Gasteiger partial charge in [-0.15, -0.1) is 0 Å². The van der Waals surface area contributed by atoms with E-state index in [1.807, 2.05) is 30.3 Å². The summed E-state index contributed by atoms with van der Waals surface area (Å²) in [6.45, 7) is 3.95. The quantitative estimate of drug-likeness (QED) is 0.432. The molecule has 0 heterocycles. The van der Waals surface area contributed by atoms with E-state index in [-0.39, 0.29) is 31.7 Å². The Morgan fingerprint density at radius 1 is 1.11 bits per heavy atom. The topological polar surface area (TPSA) is 105 Å². The summed E-state index contributed by atoms with van der Waals surface area (Å²) in [5.41, 5.74) is 6.23. The van der Waals surface area contributed by atoms with E-state index in [0.717, 1.165) is 5.56 Å². The number of carbonyl (C=O) groups is 3. The van der Waals surface area contributed by atoms with Crippen LogP contribution in [0.5, 0.6) is 0 Å². The average Bonchev–Trinajstić information content (AvgIpc) is 3.33. The van der Waals surface area contributed by atoms with Crippen LogP contribution in [0.15, 0.2) is 42.0 Å². The molecule has 1 aromatic rings. The van der Waals surface area contributed by atoms with E-state index < -0.39 is 29.3 Å². The lowest BCUT2D eigenvalue weighted by atomic mass is 9.86. The zero-order valence-corrected chi connectivity index (χ0v) is 16.1. The SMILES string of the molecule is CCOC(=O)[C@H]1C2CC(=CC(=O)OCc3ccccc3)[C@](N)(C(=O)OCC)[C@@H]21. The van der Waals surface area contributed by atoms with Crippen LogP contribution in [0.4, 0.5) is 0 Å². The highest BCUT2D eigenvalue weighted by atomic mass is 16.5. The Balaban J connectivity index is 1.75. The monoisotopic (exact) mass is 387 g/mol. The van der Waals surface area contributed by atoms with E-state index >= 15 is 0 Å². The van der Waals surface area contributed by atoms with Crippen LogP contribution in [-0.4, -0.2) is 36.7 Å². The molecule has 0 aliphatic heterocycles. The zero-order valence-electron chi connectivity index (χ0n) is 16.1. The van der Waals surface area contributed by atoms with Crippen molar-refractivity contribution in [2.75, 3.05) is 13.2 Å². The van der Waals surface area contributed by atoms with Gasteiger partial charge in [0.2, 0.25) is 0 Å². The molecule has 2 aliphatic carbocycles. The van der Waals surface area contributed by atoms with Crippen LogP contribution in [0.3, 0.4) is 0 Å². The molecule has 1 aromatic carbocycles. The Hall–Kier alpha value is -2.67. The molecule has 2 fully saturated rings. The molecule has 150 valence electrons. The summed E-state index contributed by atoms with van der Waals surface area (Å²) in [5.74, 6) is -2.54. The van der Waals surface area contributed by atoms with Gasteiger partial charge in [-0.2, -0.15) is 0 Å². The summed E-state index contributed by atoms with van der Waals surface area (Å²) in [4.78, 5) is 37.0. The van der Waals surface area contributed by atoms with Crippen LogP contribution in [0, 0.1) is 17.8 Å². The van der Waals surface area contributed by atoms with Crippen molar-refractivity contribution >= 4 is 17.9 Å². The molecule has 2 aliphatic rings. The summed E-state index contributed by atoms with van der Waals surface area (Å²) in [5, 5.41) is 0. The van der Waals surface area contributed by atoms with Gasteiger partial charge in [-0.25, -0.2) is 9.59 Å². The van der Waals surface area contributed by atoms with E-state index in [1.54, 1.807) is 13.8 Å². The van der Waals surface area contributed by atoms with Crippen molar-refractivity contribution in [2.24, 2.45) is 23.5 Å². The number of ether oxygens (including phenoxy) is 3. The van der Waals surface area contributed by atoms with Gasteiger partial charge >= 0.3 is 17.9 Å². The highest BCUT2D eigenvalue weighted by molar-refractivity contribution is 5.94. The molecule has 0 amide bonds. The summed E-state index contributed by atoms with van der Waals surface area (Å²) in [7, 11) is 0. The van der Waals surface area contributed by atoms with Crippen molar-refractivity contribution in [1.82, 2.24) is 0 Å². The minimum absolute atomic E-state index is 0.123. The molecule has 0 saturated heterocycles. The van der Waals surface area contributed by atoms with Crippen molar-refractivity contribution in [1.29, 1.82) is 0 Å². The largest absolute Gasteiger partial charge is 0.466 e. The average molecular weight is 387 g/mol. The number of fused-ring (bicyclic) bond motifs is 1. The van der Waals surface area contributed by atoms with Crippen molar-refractivity contribution in [3.63, 3.8) is 0 Å². The van der Waals surface area contributed by atoms with Gasteiger partial charge in [0, 0.05) is 12.0 Å². The second-order valence-electron chi connectivity index (χ2n) is 7.02.